The van der Waals surface area contributed by atoms with E-state index in [0.717, 1.165) is 0 Å². The van der Waals surface area contributed by atoms with E-state index in [1.165, 1.54) is 32.2 Å². The van der Waals surface area contributed by atoms with Crippen LogP contribution in [-0.4, -0.2) is 23.5 Å². The van der Waals surface area contributed by atoms with Crippen LogP contribution in [0.1, 0.15) is 32.6 Å². The van der Waals surface area contributed by atoms with Crippen LogP contribution < -0.4 is 4.57 Å². The van der Waals surface area contributed by atoms with Crippen LogP contribution in [0.4, 0.5) is 34.9 Å². The average molecular weight is 354 g/mol. The van der Waals surface area contributed by atoms with Crippen molar-refractivity contribution >= 4 is 6.98 Å². The van der Waals surface area contributed by atoms with E-state index < -0.39 is 19.0 Å². The molecule has 1 aromatic heterocycles. The number of hydrogen-bond donors (Lipinski definition) is 0. The lowest BCUT2D eigenvalue weighted by Crippen LogP contribution is -2.53. The van der Waals surface area contributed by atoms with Gasteiger partial charge in [-0.1, -0.05) is 19.8 Å². The van der Waals surface area contributed by atoms with Gasteiger partial charge in [-0.05, 0) is 12.8 Å². The SMILES string of the molecule is CCCCCCn1cc[n+](C)c1.F[B-](F)(F)C(F)(F)C(F)(F)F. The Bertz CT molecular complexity index is 437. The first kappa shape index (κ1) is 21.7. The molecule has 0 fully saturated rings. The summed E-state index contributed by atoms with van der Waals surface area (Å²) in [4.78, 5) is 0. The highest BCUT2D eigenvalue weighted by Crippen LogP contribution is 2.43. The molecule has 0 spiro atoms. The van der Waals surface area contributed by atoms with E-state index in [1.807, 2.05) is 0 Å². The maximum atomic E-state index is 11.2. The second-order valence-corrected chi connectivity index (χ2v) is 5.07. The zero-order chi connectivity index (χ0) is 18.3. The van der Waals surface area contributed by atoms with Crippen molar-refractivity contribution in [3.05, 3.63) is 18.7 Å². The van der Waals surface area contributed by atoms with E-state index in [1.54, 1.807) is 0 Å². The van der Waals surface area contributed by atoms with Crippen LogP contribution in [0.2, 0.25) is 0 Å². The predicted molar refractivity (Wildman–Crippen MR) is 69.8 cm³/mol. The van der Waals surface area contributed by atoms with E-state index >= 15 is 0 Å². The molecule has 0 atom stereocenters. The molecule has 0 N–H and O–H groups in total. The van der Waals surface area contributed by atoms with E-state index in [9.17, 15) is 34.9 Å². The number of halogens is 8. The Morgan fingerprint density at radius 2 is 1.57 bits per heavy atom. The van der Waals surface area contributed by atoms with Crippen LogP contribution in [-0.2, 0) is 13.6 Å². The molecule has 0 saturated carbocycles. The summed E-state index contributed by atoms with van der Waals surface area (Å²) < 4.78 is 92.2. The third-order valence-electron chi connectivity index (χ3n) is 2.88. The molecule has 136 valence electrons. The monoisotopic (exact) mass is 354 g/mol. The summed E-state index contributed by atoms with van der Waals surface area (Å²) in [6, 6.07) is 0. The van der Waals surface area contributed by atoms with Crippen molar-refractivity contribution in [2.24, 2.45) is 7.05 Å². The van der Waals surface area contributed by atoms with Crippen LogP contribution in [0.25, 0.3) is 0 Å². The van der Waals surface area contributed by atoms with Crippen molar-refractivity contribution in [1.29, 1.82) is 0 Å². The lowest BCUT2D eigenvalue weighted by Gasteiger charge is -2.28. The Kier molecular flexibility index (Phi) is 8.06. The topological polar surface area (TPSA) is 8.81 Å². The van der Waals surface area contributed by atoms with Crippen LogP contribution in [0.5, 0.6) is 0 Å². The van der Waals surface area contributed by atoms with Gasteiger partial charge in [0.1, 0.15) is 12.4 Å². The molecule has 0 bridgehead atoms. The van der Waals surface area contributed by atoms with Crippen molar-refractivity contribution in [3.63, 3.8) is 0 Å². The highest BCUT2D eigenvalue weighted by molar-refractivity contribution is 6.61. The van der Waals surface area contributed by atoms with Gasteiger partial charge in [0.25, 0.3) is 0 Å². The van der Waals surface area contributed by atoms with Crippen molar-refractivity contribution in [2.45, 2.75) is 51.1 Å². The largest absolute Gasteiger partial charge is 0.558 e. The molecule has 0 saturated heterocycles. The summed E-state index contributed by atoms with van der Waals surface area (Å²) >= 11 is 0. The Morgan fingerprint density at radius 1 is 1.00 bits per heavy atom. The quantitative estimate of drug-likeness (QED) is 0.309. The Hall–Kier alpha value is -1.29. The fourth-order valence-electron chi connectivity index (χ4n) is 1.54. The van der Waals surface area contributed by atoms with Gasteiger partial charge in [-0.3, -0.25) is 0 Å². The minimum absolute atomic E-state index is 1.17. The van der Waals surface area contributed by atoms with E-state index in [0.29, 0.717) is 0 Å². The van der Waals surface area contributed by atoms with Gasteiger partial charge in [-0.25, -0.2) is 17.9 Å². The van der Waals surface area contributed by atoms with Gasteiger partial charge in [0.05, 0.1) is 13.6 Å². The number of rotatable bonds is 6. The Labute approximate surface area is 129 Å². The molecule has 11 heteroatoms. The molecule has 0 aliphatic heterocycles. The van der Waals surface area contributed by atoms with Gasteiger partial charge in [-0.15, -0.1) is 0 Å². The molecule has 0 aromatic carbocycles. The molecule has 0 unspecified atom stereocenters. The number of aryl methyl sites for hydroxylation is 2. The van der Waals surface area contributed by atoms with Gasteiger partial charge < -0.3 is 12.9 Å². The average Bonchev–Trinajstić information content (AvgIpc) is 2.79. The van der Waals surface area contributed by atoms with E-state index in [-0.39, 0.29) is 0 Å². The lowest BCUT2D eigenvalue weighted by molar-refractivity contribution is -0.671. The Balaban J connectivity index is 0.000000423. The molecular formula is C12H19BF8N2. The van der Waals surface area contributed by atoms with Crippen LogP contribution >= 0.6 is 0 Å². The standard InChI is InChI=1S/C10H19N2.C2BF8/c1-3-4-5-6-7-12-9-8-11(2)10-12;4-1(5,2(6,7)8)3(9,10)11/h8-10H,3-7H2,1-2H3;/q+1;-1. The number of alkyl halides is 5. The van der Waals surface area contributed by atoms with Crippen molar-refractivity contribution < 1.29 is 39.5 Å². The minimum atomic E-state index is -7.21. The highest BCUT2D eigenvalue weighted by atomic mass is 19.4. The third kappa shape index (κ3) is 7.21. The smallest absolute Gasteiger partial charge is 0.445 e. The maximum absolute atomic E-state index is 11.2. The lowest BCUT2D eigenvalue weighted by atomic mass is 9.80. The van der Waals surface area contributed by atoms with E-state index in [4.69, 9.17) is 0 Å². The summed E-state index contributed by atoms with van der Waals surface area (Å²) in [5.41, 5.74) is 0. The summed E-state index contributed by atoms with van der Waals surface area (Å²) in [6.07, 6.45) is 5.15. The second-order valence-electron chi connectivity index (χ2n) is 5.07. The molecule has 2 nitrogen and oxygen atoms in total. The van der Waals surface area contributed by atoms with Crippen LogP contribution in [0.15, 0.2) is 18.7 Å². The molecule has 23 heavy (non-hydrogen) atoms. The molecule has 0 radical (unpaired) electrons. The van der Waals surface area contributed by atoms with Crippen molar-refractivity contribution in [1.82, 2.24) is 4.57 Å². The molecular weight excluding hydrogens is 335 g/mol. The van der Waals surface area contributed by atoms with Gasteiger partial charge >= 0.3 is 19.0 Å². The van der Waals surface area contributed by atoms with Gasteiger partial charge in [0, 0.05) is 0 Å². The third-order valence-corrected chi connectivity index (χ3v) is 2.88. The number of imidazole rings is 1. The molecule has 1 rings (SSSR count). The van der Waals surface area contributed by atoms with Gasteiger partial charge in [0.15, 0.2) is 0 Å². The molecule has 1 heterocycles. The summed E-state index contributed by atoms with van der Waals surface area (Å²) in [6.45, 7) is -3.80. The minimum Gasteiger partial charge on any atom is -0.445 e. The summed E-state index contributed by atoms with van der Waals surface area (Å²) in [5.74, 6) is -6.56. The summed E-state index contributed by atoms with van der Waals surface area (Å²) in [7, 11) is 2.06. The van der Waals surface area contributed by atoms with Gasteiger partial charge in [-0.2, -0.15) is 13.2 Å². The zero-order valence-electron chi connectivity index (χ0n) is 12.8. The van der Waals surface area contributed by atoms with Crippen LogP contribution in [0, 0.1) is 0 Å². The molecule has 0 aliphatic rings. The first-order valence-corrected chi connectivity index (χ1v) is 6.97. The first-order chi connectivity index (χ1) is 10.3. The van der Waals surface area contributed by atoms with Crippen LogP contribution in [0.3, 0.4) is 0 Å². The first-order valence-electron chi connectivity index (χ1n) is 6.97. The molecule has 0 amide bonds. The maximum Gasteiger partial charge on any atom is 0.558 e. The highest BCUT2D eigenvalue weighted by Gasteiger charge is 2.69. The molecule has 1 aromatic rings. The number of nitrogens with zero attached hydrogens (tertiary/aromatic N) is 2. The van der Waals surface area contributed by atoms with Crippen molar-refractivity contribution in [2.75, 3.05) is 0 Å². The van der Waals surface area contributed by atoms with E-state index in [2.05, 4.69) is 41.8 Å². The summed E-state index contributed by atoms with van der Waals surface area (Å²) in [5, 5.41) is 0. The normalized spacial score (nSPS) is 12.8. The number of aromatic nitrogens is 2. The van der Waals surface area contributed by atoms with Gasteiger partial charge in [0.2, 0.25) is 6.33 Å². The fraction of sp³-hybridized carbons (Fsp3) is 0.750. The van der Waals surface area contributed by atoms with Crippen molar-refractivity contribution in [3.8, 4) is 0 Å². The number of hydrogen-bond acceptors (Lipinski definition) is 0. The predicted octanol–water partition coefficient (Wildman–Crippen LogP) is 4.46. The fourth-order valence-corrected chi connectivity index (χ4v) is 1.54. The Morgan fingerprint density at radius 3 is 1.87 bits per heavy atom. The second kappa shape index (κ2) is 8.53. The zero-order valence-corrected chi connectivity index (χ0v) is 12.8. The number of unbranched alkanes of at least 4 members (excludes halogenated alkanes) is 3. The molecule has 0 aliphatic carbocycles.